The summed E-state index contributed by atoms with van der Waals surface area (Å²) in [5.41, 5.74) is 0. The summed E-state index contributed by atoms with van der Waals surface area (Å²) in [5, 5.41) is 9.46. The van der Waals surface area contributed by atoms with Crippen LogP contribution in [0.2, 0.25) is 0 Å². The summed E-state index contributed by atoms with van der Waals surface area (Å²) >= 11 is 0. The lowest BCUT2D eigenvalue weighted by atomic mass is 10.2. The molecule has 1 atom stereocenters. The summed E-state index contributed by atoms with van der Waals surface area (Å²) in [5.74, 6) is 0.668. The van der Waals surface area contributed by atoms with Crippen LogP contribution in [0.25, 0.3) is 0 Å². The number of hydrogen-bond donors (Lipinski definition) is 1. The average Bonchev–Trinajstić information content (AvgIpc) is 2.23. The van der Waals surface area contributed by atoms with Crippen molar-refractivity contribution in [3.05, 3.63) is 24.3 Å². The van der Waals surface area contributed by atoms with E-state index in [4.69, 9.17) is 9.47 Å². The van der Waals surface area contributed by atoms with Gasteiger partial charge in [-0.05, 0) is 25.0 Å². The normalized spacial score (nSPS) is 21.9. The van der Waals surface area contributed by atoms with Crippen molar-refractivity contribution >= 4 is 0 Å². The molecule has 1 aromatic rings. The first-order chi connectivity index (χ1) is 6.86. The van der Waals surface area contributed by atoms with E-state index in [2.05, 4.69) is 0 Å². The molecule has 14 heavy (non-hydrogen) atoms. The van der Waals surface area contributed by atoms with Crippen LogP contribution in [0.1, 0.15) is 19.3 Å². The maximum Gasteiger partial charge on any atom is 0.200 e. The molecule has 1 unspecified atom stereocenters. The minimum atomic E-state index is -0.197. The van der Waals surface area contributed by atoms with E-state index in [1.807, 2.05) is 6.07 Å². The molecule has 0 spiro atoms. The Morgan fingerprint density at radius 1 is 1.29 bits per heavy atom. The number of aromatic hydroxyl groups is 1. The molecule has 0 aliphatic carbocycles. The molecule has 1 N–H and O–H groups in total. The summed E-state index contributed by atoms with van der Waals surface area (Å²) in [7, 11) is 0. The Balaban J connectivity index is 1.99. The van der Waals surface area contributed by atoms with E-state index in [1.54, 1.807) is 18.2 Å². The maximum atomic E-state index is 9.46. The number of benzene rings is 1. The van der Waals surface area contributed by atoms with Crippen molar-refractivity contribution in [3.8, 4) is 11.5 Å². The van der Waals surface area contributed by atoms with Gasteiger partial charge in [0.2, 0.25) is 0 Å². The summed E-state index contributed by atoms with van der Waals surface area (Å²) in [4.78, 5) is 0. The lowest BCUT2D eigenvalue weighted by molar-refractivity contribution is -0.106. The lowest BCUT2D eigenvalue weighted by Gasteiger charge is -2.23. The highest BCUT2D eigenvalue weighted by molar-refractivity contribution is 5.37. The van der Waals surface area contributed by atoms with E-state index in [0.717, 1.165) is 25.9 Å². The van der Waals surface area contributed by atoms with Crippen molar-refractivity contribution in [2.45, 2.75) is 25.6 Å². The number of phenols is 1. The Morgan fingerprint density at radius 3 is 2.86 bits per heavy atom. The van der Waals surface area contributed by atoms with Crippen molar-refractivity contribution in [1.29, 1.82) is 0 Å². The van der Waals surface area contributed by atoms with Gasteiger partial charge in [-0.2, -0.15) is 0 Å². The molecule has 1 fully saturated rings. The van der Waals surface area contributed by atoms with Crippen LogP contribution >= 0.6 is 0 Å². The van der Waals surface area contributed by atoms with Crippen LogP contribution < -0.4 is 4.74 Å². The highest BCUT2D eigenvalue weighted by Gasteiger charge is 2.16. The molecular weight excluding hydrogens is 180 g/mol. The number of hydrogen-bond acceptors (Lipinski definition) is 3. The molecule has 0 aromatic heterocycles. The second-order valence-corrected chi connectivity index (χ2v) is 3.38. The molecule has 3 heteroatoms. The first kappa shape index (κ1) is 9.34. The fourth-order valence-corrected chi connectivity index (χ4v) is 1.50. The third kappa shape index (κ3) is 2.17. The van der Waals surface area contributed by atoms with Crippen molar-refractivity contribution in [1.82, 2.24) is 0 Å². The molecule has 0 saturated carbocycles. The molecule has 3 nitrogen and oxygen atoms in total. The quantitative estimate of drug-likeness (QED) is 0.785. The summed E-state index contributed by atoms with van der Waals surface area (Å²) in [6.07, 6.45) is 2.92. The fourth-order valence-electron chi connectivity index (χ4n) is 1.50. The van der Waals surface area contributed by atoms with Crippen LogP contribution in [0.5, 0.6) is 11.5 Å². The zero-order chi connectivity index (χ0) is 9.80. The van der Waals surface area contributed by atoms with Crippen LogP contribution in [0.15, 0.2) is 24.3 Å². The van der Waals surface area contributed by atoms with E-state index >= 15 is 0 Å². The first-order valence-electron chi connectivity index (χ1n) is 4.92. The predicted octanol–water partition coefficient (Wildman–Crippen LogP) is 2.30. The van der Waals surface area contributed by atoms with Gasteiger partial charge in [0.25, 0.3) is 0 Å². The van der Waals surface area contributed by atoms with Gasteiger partial charge < -0.3 is 14.6 Å². The van der Waals surface area contributed by atoms with E-state index in [0.29, 0.717) is 5.75 Å². The van der Waals surface area contributed by atoms with Gasteiger partial charge in [0.1, 0.15) is 0 Å². The monoisotopic (exact) mass is 194 g/mol. The van der Waals surface area contributed by atoms with Crippen LogP contribution in [0.3, 0.4) is 0 Å². The standard InChI is InChI=1S/C11H14O3/c12-9-5-1-2-6-10(9)14-11-7-3-4-8-13-11/h1-2,5-6,11-12H,3-4,7-8H2. The van der Waals surface area contributed by atoms with Crippen LogP contribution in [-0.4, -0.2) is 18.0 Å². The molecular formula is C11H14O3. The highest BCUT2D eigenvalue weighted by Crippen LogP contribution is 2.27. The Kier molecular flexibility index (Phi) is 2.89. The van der Waals surface area contributed by atoms with E-state index in [1.165, 1.54) is 0 Å². The number of para-hydroxylation sites is 2. The number of rotatable bonds is 2. The van der Waals surface area contributed by atoms with Crippen molar-refractivity contribution in [2.24, 2.45) is 0 Å². The predicted molar refractivity (Wildman–Crippen MR) is 52.3 cm³/mol. The zero-order valence-electron chi connectivity index (χ0n) is 7.98. The second kappa shape index (κ2) is 4.33. The Labute approximate surface area is 83.3 Å². The summed E-state index contributed by atoms with van der Waals surface area (Å²) < 4.78 is 10.9. The SMILES string of the molecule is Oc1ccccc1OC1CCCCO1. The van der Waals surface area contributed by atoms with Gasteiger partial charge in [0.15, 0.2) is 17.8 Å². The van der Waals surface area contributed by atoms with E-state index < -0.39 is 0 Å². The van der Waals surface area contributed by atoms with Gasteiger partial charge in [-0.1, -0.05) is 12.1 Å². The van der Waals surface area contributed by atoms with Crippen molar-refractivity contribution in [2.75, 3.05) is 6.61 Å². The zero-order valence-corrected chi connectivity index (χ0v) is 7.98. The molecule has 1 aliphatic rings. The van der Waals surface area contributed by atoms with Crippen LogP contribution in [0, 0.1) is 0 Å². The molecule has 1 heterocycles. The van der Waals surface area contributed by atoms with Gasteiger partial charge in [0, 0.05) is 6.42 Å². The van der Waals surface area contributed by atoms with E-state index in [9.17, 15) is 5.11 Å². The third-order valence-corrected chi connectivity index (χ3v) is 2.26. The number of ether oxygens (including phenoxy) is 2. The third-order valence-electron chi connectivity index (χ3n) is 2.26. The molecule has 0 radical (unpaired) electrons. The lowest BCUT2D eigenvalue weighted by Crippen LogP contribution is -2.24. The first-order valence-corrected chi connectivity index (χ1v) is 4.92. The van der Waals surface area contributed by atoms with Crippen LogP contribution in [-0.2, 0) is 4.74 Å². The highest BCUT2D eigenvalue weighted by atomic mass is 16.7. The van der Waals surface area contributed by atoms with Gasteiger partial charge >= 0.3 is 0 Å². The largest absolute Gasteiger partial charge is 0.504 e. The smallest absolute Gasteiger partial charge is 0.200 e. The van der Waals surface area contributed by atoms with Gasteiger partial charge in [-0.3, -0.25) is 0 Å². The minimum absolute atomic E-state index is 0.168. The minimum Gasteiger partial charge on any atom is -0.504 e. The molecule has 1 aromatic carbocycles. The van der Waals surface area contributed by atoms with Crippen molar-refractivity contribution < 1.29 is 14.6 Å². The maximum absolute atomic E-state index is 9.46. The molecule has 1 aliphatic heterocycles. The summed E-state index contributed by atoms with van der Waals surface area (Å²) in [6.45, 7) is 0.748. The Hall–Kier alpha value is -1.22. The molecule has 1 saturated heterocycles. The average molecular weight is 194 g/mol. The Morgan fingerprint density at radius 2 is 2.14 bits per heavy atom. The van der Waals surface area contributed by atoms with Gasteiger partial charge in [-0.25, -0.2) is 0 Å². The molecule has 76 valence electrons. The van der Waals surface area contributed by atoms with Gasteiger partial charge in [-0.15, -0.1) is 0 Å². The molecule has 0 bridgehead atoms. The van der Waals surface area contributed by atoms with Crippen molar-refractivity contribution in [3.63, 3.8) is 0 Å². The Bertz CT molecular complexity index is 292. The van der Waals surface area contributed by atoms with E-state index in [-0.39, 0.29) is 12.0 Å². The molecule has 2 rings (SSSR count). The summed E-state index contributed by atoms with van der Waals surface area (Å²) in [6, 6.07) is 6.95. The number of phenolic OH excluding ortho intramolecular Hbond substituents is 1. The second-order valence-electron chi connectivity index (χ2n) is 3.38. The van der Waals surface area contributed by atoms with Crippen LogP contribution in [0.4, 0.5) is 0 Å². The van der Waals surface area contributed by atoms with Gasteiger partial charge in [0.05, 0.1) is 6.61 Å². The fraction of sp³-hybridized carbons (Fsp3) is 0.455. The molecule has 0 amide bonds. The topological polar surface area (TPSA) is 38.7 Å².